The van der Waals surface area contributed by atoms with Crippen molar-refractivity contribution in [2.75, 3.05) is 4.90 Å². The van der Waals surface area contributed by atoms with Gasteiger partial charge < -0.3 is 9.32 Å². The van der Waals surface area contributed by atoms with Crippen LogP contribution in [0.4, 0.5) is 17.1 Å². The highest BCUT2D eigenvalue weighted by molar-refractivity contribution is 6.33. The number of rotatable bonds is 6. The molecule has 1 aromatic heterocycles. The average molecular weight is 830 g/mol. The van der Waals surface area contributed by atoms with Crippen molar-refractivity contribution >= 4 is 71.3 Å². The first-order chi connectivity index (χ1) is 32.0. The van der Waals surface area contributed by atoms with E-state index in [0.717, 1.165) is 55.5 Å². The fourth-order valence-corrected chi connectivity index (χ4v) is 11.0. The fraction of sp³-hybridized carbons (Fsp3) is 0.0476. The number of hydrogen-bond donors (Lipinski definition) is 0. The van der Waals surface area contributed by atoms with Crippen molar-refractivity contribution in [1.29, 1.82) is 0 Å². The van der Waals surface area contributed by atoms with E-state index < -0.39 is 0 Å². The molecule has 306 valence electrons. The molecule has 11 aromatic carbocycles. The molecule has 0 aliphatic heterocycles. The lowest BCUT2D eigenvalue weighted by atomic mass is 9.82. The van der Waals surface area contributed by atoms with Crippen molar-refractivity contribution in [2.24, 2.45) is 0 Å². The summed E-state index contributed by atoms with van der Waals surface area (Å²) in [6.45, 7) is 4.71. The van der Waals surface area contributed by atoms with Crippen molar-refractivity contribution in [2.45, 2.75) is 19.3 Å². The van der Waals surface area contributed by atoms with Crippen LogP contribution in [0.1, 0.15) is 25.0 Å². The second-order valence-corrected chi connectivity index (χ2v) is 18.0. The number of nitrogens with zero attached hydrogens (tertiary/aromatic N) is 1. The molecule has 0 unspecified atom stereocenters. The van der Waals surface area contributed by atoms with Gasteiger partial charge in [0.05, 0.1) is 0 Å². The topological polar surface area (TPSA) is 16.4 Å². The van der Waals surface area contributed by atoms with Crippen LogP contribution in [0.25, 0.3) is 98.8 Å². The van der Waals surface area contributed by atoms with Crippen molar-refractivity contribution in [3.8, 4) is 44.5 Å². The average Bonchev–Trinajstić information content (AvgIpc) is 3.87. The summed E-state index contributed by atoms with van der Waals surface area (Å²) >= 11 is 0. The molecule has 65 heavy (non-hydrogen) atoms. The van der Waals surface area contributed by atoms with Gasteiger partial charge in [-0.05, 0) is 119 Å². The summed E-state index contributed by atoms with van der Waals surface area (Å²) in [5.74, 6) is 0. The predicted octanol–water partition coefficient (Wildman–Crippen LogP) is 17.8. The minimum absolute atomic E-state index is 0.125. The van der Waals surface area contributed by atoms with Gasteiger partial charge in [0.15, 0.2) is 0 Å². The number of benzene rings is 11. The first-order valence-electron chi connectivity index (χ1n) is 22.6. The van der Waals surface area contributed by atoms with Crippen LogP contribution in [-0.4, -0.2) is 0 Å². The van der Waals surface area contributed by atoms with Crippen LogP contribution in [0.5, 0.6) is 0 Å². The fourth-order valence-electron chi connectivity index (χ4n) is 11.0. The van der Waals surface area contributed by atoms with Gasteiger partial charge in [-0.2, -0.15) is 0 Å². The molecule has 0 atom stereocenters. The van der Waals surface area contributed by atoms with E-state index in [2.05, 4.69) is 243 Å². The number of furan rings is 1. The van der Waals surface area contributed by atoms with E-state index in [1.165, 1.54) is 71.4 Å². The van der Waals surface area contributed by atoms with Gasteiger partial charge in [0.2, 0.25) is 0 Å². The van der Waals surface area contributed by atoms with Crippen molar-refractivity contribution in [1.82, 2.24) is 0 Å². The molecule has 0 spiro atoms. The van der Waals surface area contributed by atoms with E-state index in [0.29, 0.717) is 0 Å². The highest BCUT2D eigenvalue weighted by atomic mass is 16.3. The van der Waals surface area contributed by atoms with Crippen LogP contribution < -0.4 is 4.90 Å². The van der Waals surface area contributed by atoms with Gasteiger partial charge in [-0.3, -0.25) is 0 Å². The maximum atomic E-state index is 6.98. The van der Waals surface area contributed by atoms with Gasteiger partial charge in [0.25, 0.3) is 0 Å². The maximum Gasteiger partial charge on any atom is 0.143 e. The van der Waals surface area contributed by atoms with Crippen molar-refractivity contribution in [3.05, 3.63) is 236 Å². The van der Waals surface area contributed by atoms with Crippen molar-refractivity contribution in [3.63, 3.8) is 0 Å². The third kappa shape index (κ3) is 5.74. The molecule has 1 aliphatic rings. The van der Waals surface area contributed by atoms with Gasteiger partial charge in [0, 0.05) is 44.2 Å². The van der Waals surface area contributed by atoms with E-state index in [9.17, 15) is 0 Å². The molecule has 0 saturated heterocycles. The second kappa shape index (κ2) is 14.4. The summed E-state index contributed by atoms with van der Waals surface area (Å²) in [7, 11) is 0. The van der Waals surface area contributed by atoms with Gasteiger partial charge in [-0.1, -0.05) is 196 Å². The molecule has 0 N–H and O–H groups in total. The molecule has 1 heterocycles. The number of hydrogen-bond acceptors (Lipinski definition) is 2. The number of anilines is 3. The molecule has 12 aromatic rings. The highest BCUT2D eigenvalue weighted by Crippen LogP contribution is 2.52. The molecule has 13 rings (SSSR count). The normalized spacial score (nSPS) is 12.9. The summed E-state index contributed by atoms with van der Waals surface area (Å²) in [4.78, 5) is 2.41. The lowest BCUT2D eigenvalue weighted by Gasteiger charge is -2.28. The largest absolute Gasteiger partial charge is 0.455 e. The van der Waals surface area contributed by atoms with E-state index in [1.54, 1.807) is 0 Å². The van der Waals surface area contributed by atoms with Gasteiger partial charge in [-0.25, -0.2) is 0 Å². The third-order valence-electron chi connectivity index (χ3n) is 14.1. The maximum absolute atomic E-state index is 6.98. The molecule has 1 aliphatic carbocycles. The molecule has 2 heteroatoms. The summed E-state index contributed by atoms with van der Waals surface area (Å²) in [5.41, 5.74) is 17.5. The Morgan fingerprint density at radius 3 is 1.66 bits per heavy atom. The zero-order chi connectivity index (χ0) is 43.2. The summed E-state index contributed by atoms with van der Waals surface area (Å²) < 4.78 is 6.98. The van der Waals surface area contributed by atoms with Crippen molar-refractivity contribution < 1.29 is 4.42 Å². The monoisotopic (exact) mass is 829 g/mol. The first kappa shape index (κ1) is 37.4. The second-order valence-electron chi connectivity index (χ2n) is 18.0. The Bertz CT molecular complexity index is 3830. The van der Waals surface area contributed by atoms with Crippen LogP contribution in [-0.2, 0) is 5.41 Å². The van der Waals surface area contributed by atoms with Crippen LogP contribution >= 0.6 is 0 Å². The van der Waals surface area contributed by atoms with Crippen LogP contribution in [0.3, 0.4) is 0 Å². The molecule has 2 nitrogen and oxygen atoms in total. The van der Waals surface area contributed by atoms with Gasteiger partial charge >= 0.3 is 0 Å². The Morgan fingerprint density at radius 1 is 0.354 bits per heavy atom. The van der Waals surface area contributed by atoms with Crippen LogP contribution in [0, 0.1) is 0 Å². The Labute approximate surface area is 378 Å². The SMILES string of the molecule is CC1(C)c2ccccc2-c2ccc(N(c3ccc(-c4ccccc4)cc3)c3ccc(-c4ccc5oc6c7ccccc7c7ccccc7c6c5c4-c4cccc5ccccc45)cc3)cc21. The zero-order valence-electron chi connectivity index (χ0n) is 36.2. The van der Waals surface area contributed by atoms with Crippen LogP contribution in [0.2, 0.25) is 0 Å². The highest BCUT2D eigenvalue weighted by Gasteiger charge is 2.36. The number of fused-ring (bicyclic) bond motifs is 12. The molecular formula is C63H43NO. The first-order valence-corrected chi connectivity index (χ1v) is 22.6. The van der Waals surface area contributed by atoms with Gasteiger partial charge in [0.1, 0.15) is 11.2 Å². The lowest BCUT2D eigenvalue weighted by Crippen LogP contribution is -2.16. The Balaban J connectivity index is 1.02. The Morgan fingerprint density at radius 2 is 0.892 bits per heavy atom. The standard InChI is InChI=1S/C63H43NO/c1-63(2)56-26-13-12-22-51(56)52-36-35-46(39-57(52)63)64(44-31-27-41(28-32-44)40-15-4-3-5-16-40)45-33-29-43(30-34-45)48-37-38-58-61(59(48)53-25-14-18-42-17-6-7-19-47(42)53)60-54-23-10-8-20-49(54)50-21-9-11-24-55(50)62(60)65-58/h3-39H,1-2H3. The van der Waals surface area contributed by atoms with E-state index in [4.69, 9.17) is 4.42 Å². The molecule has 0 saturated carbocycles. The summed E-state index contributed by atoms with van der Waals surface area (Å²) in [5, 5.41) is 9.48. The summed E-state index contributed by atoms with van der Waals surface area (Å²) in [6.07, 6.45) is 0. The smallest absolute Gasteiger partial charge is 0.143 e. The summed E-state index contributed by atoms with van der Waals surface area (Å²) in [6, 6.07) is 82.1. The van der Waals surface area contributed by atoms with Gasteiger partial charge in [-0.15, -0.1) is 0 Å². The minimum Gasteiger partial charge on any atom is -0.455 e. The minimum atomic E-state index is -0.125. The lowest BCUT2D eigenvalue weighted by molar-refractivity contribution is 0.660. The Hall–Kier alpha value is -8.20. The third-order valence-corrected chi connectivity index (χ3v) is 14.1. The molecule has 0 fully saturated rings. The van der Waals surface area contributed by atoms with E-state index >= 15 is 0 Å². The molecule has 0 amide bonds. The molecule has 0 radical (unpaired) electrons. The molecular weight excluding hydrogens is 787 g/mol. The zero-order valence-corrected chi connectivity index (χ0v) is 36.2. The van der Waals surface area contributed by atoms with Crippen LogP contribution in [0.15, 0.2) is 229 Å². The van der Waals surface area contributed by atoms with E-state index in [1.807, 2.05) is 0 Å². The Kier molecular flexibility index (Phi) is 8.29. The predicted molar refractivity (Wildman–Crippen MR) is 275 cm³/mol. The molecule has 0 bridgehead atoms. The quantitative estimate of drug-likeness (QED) is 0.155. The van der Waals surface area contributed by atoms with E-state index in [-0.39, 0.29) is 5.41 Å².